The second-order valence-corrected chi connectivity index (χ2v) is 5.48. The predicted molar refractivity (Wildman–Crippen MR) is 78.3 cm³/mol. The third-order valence-corrected chi connectivity index (χ3v) is 4.39. The summed E-state index contributed by atoms with van der Waals surface area (Å²) in [5.74, 6) is 1.67. The van der Waals surface area contributed by atoms with Gasteiger partial charge in [0.1, 0.15) is 0 Å². The standard InChI is InChI=1S/C15H17NO2S/c1-17-12-8-10-9-16-6-5-11(10)14(15(12)18-2)13-4-3-7-19-13/h3-4,7-8,16H,5-6,9H2,1-2H3. The van der Waals surface area contributed by atoms with E-state index in [0.29, 0.717) is 0 Å². The van der Waals surface area contributed by atoms with Crippen molar-refractivity contribution in [3.8, 4) is 21.9 Å². The number of ether oxygens (including phenoxy) is 2. The highest BCUT2D eigenvalue weighted by Crippen LogP contribution is 2.44. The number of fused-ring (bicyclic) bond motifs is 1. The van der Waals surface area contributed by atoms with Gasteiger partial charge < -0.3 is 14.8 Å². The number of thiophene rings is 1. The first kappa shape index (κ1) is 12.5. The average molecular weight is 275 g/mol. The molecule has 2 heterocycles. The van der Waals surface area contributed by atoms with E-state index in [4.69, 9.17) is 9.47 Å². The van der Waals surface area contributed by atoms with Crippen molar-refractivity contribution in [1.82, 2.24) is 5.32 Å². The van der Waals surface area contributed by atoms with Gasteiger partial charge in [-0.25, -0.2) is 0 Å². The largest absolute Gasteiger partial charge is 0.493 e. The van der Waals surface area contributed by atoms with Gasteiger partial charge in [0.15, 0.2) is 11.5 Å². The molecule has 100 valence electrons. The summed E-state index contributed by atoms with van der Waals surface area (Å²) in [5.41, 5.74) is 3.90. The number of hydrogen-bond acceptors (Lipinski definition) is 4. The summed E-state index contributed by atoms with van der Waals surface area (Å²) in [7, 11) is 3.40. The normalized spacial score (nSPS) is 14.0. The molecule has 1 aliphatic rings. The minimum absolute atomic E-state index is 0.813. The van der Waals surface area contributed by atoms with E-state index < -0.39 is 0 Å². The van der Waals surface area contributed by atoms with Crippen LogP contribution in [0.15, 0.2) is 23.6 Å². The van der Waals surface area contributed by atoms with Gasteiger partial charge in [-0.15, -0.1) is 11.3 Å². The van der Waals surface area contributed by atoms with Crippen LogP contribution in [0.4, 0.5) is 0 Å². The molecule has 3 nitrogen and oxygen atoms in total. The molecule has 2 aromatic rings. The molecule has 4 heteroatoms. The molecule has 1 aromatic heterocycles. The van der Waals surface area contributed by atoms with Gasteiger partial charge in [-0.2, -0.15) is 0 Å². The second-order valence-electron chi connectivity index (χ2n) is 4.53. The van der Waals surface area contributed by atoms with E-state index in [1.807, 2.05) is 0 Å². The summed E-state index contributed by atoms with van der Waals surface area (Å²) in [5, 5.41) is 5.51. The zero-order valence-corrected chi connectivity index (χ0v) is 12.0. The van der Waals surface area contributed by atoms with Crippen LogP contribution >= 0.6 is 11.3 Å². The Morgan fingerprint density at radius 2 is 2.16 bits per heavy atom. The fourth-order valence-corrected chi connectivity index (χ4v) is 3.44. The maximum Gasteiger partial charge on any atom is 0.169 e. The van der Waals surface area contributed by atoms with Crippen LogP contribution in [0.25, 0.3) is 10.4 Å². The van der Waals surface area contributed by atoms with Gasteiger partial charge in [0.25, 0.3) is 0 Å². The van der Waals surface area contributed by atoms with Gasteiger partial charge in [0.2, 0.25) is 0 Å². The second kappa shape index (κ2) is 5.23. The Morgan fingerprint density at radius 3 is 2.84 bits per heavy atom. The zero-order valence-electron chi connectivity index (χ0n) is 11.2. The zero-order chi connectivity index (χ0) is 13.2. The minimum atomic E-state index is 0.813. The molecule has 0 bridgehead atoms. The Balaban J connectivity index is 2.28. The SMILES string of the molecule is COc1cc2c(c(-c3cccs3)c1OC)CCNC2. The molecule has 3 rings (SSSR count). The van der Waals surface area contributed by atoms with E-state index in [1.54, 1.807) is 25.6 Å². The first-order valence-electron chi connectivity index (χ1n) is 6.36. The van der Waals surface area contributed by atoms with Crippen LogP contribution < -0.4 is 14.8 Å². The first-order chi connectivity index (χ1) is 9.35. The molecule has 0 unspecified atom stereocenters. The quantitative estimate of drug-likeness (QED) is 0.934. The Labute approximate surface area is 117 Å². The summed E-state index contributed by atoms with van der Waals surface area (Å²) in [6.45, 7) is 1.91. The van der Waals surface area contributed by atoms with Crippen LogP contribution in [-0.2, 0) is 13.0 Å². The molecule has 0 saturated carbocycles. The summed E-state index contributed by atoms with van der Waals surface area (Å²) < 4.78 is 11.1. The lowest BCUT2D eigenvalue weighted by atomic mass is 9.93. The number of hydrogen-bond donors (Lipinski definition) is 1. The van der Waals surface area contributed by atoms with Crippen LogP contribution in [-0.4, -0.2) is 20.8 Å². The van der Waals surface area contributed by atoms with Crippen molar-refractivity contribution < 1.29 is 9.47 Å². The molecule has 0 fully saturated rings. The smallest absolute Gasteiger partial charge is 0.169 e. The summed E-state index contributed by atoms with van der Waals surface area (Å²) >= 11 is 1.74. The van der Waals surface area contributed by atoms with Crippen molar-refractivity contribution in [3.63, 3.8) is 0 Å². The molecule has 19 heavy (non-hydrogen) atoms. The predicted octanol–water partition coefficient (Wildman–Crippen LogP) is 3.08. The summed E-state index contributed by atoms with van der Waals surface area (Å²) in [4.78, 5) is 1.24. The van der Waals surface area contributed by atoms with Crippen LogP contribution in [0, 0.1) is 0 Å². The Bertz CT molecular complexity index is 564. The van der Waals surface area contributed by atoms with E-state index in [2.05, 4.69) is 28.9 Å². The average Bonchev–Trinajstić information content (AvgIpc) is 2.98. The molecule has 0 spiro atoms. The molecule has 0 amide bonds. The van der Waals surface area contributed by atoms with Crippen LogP contribution in [0.2, 0.25) is 0 Å². The number of nitrogens with one attached hydrogen (secondary N) is 1. The number of rotatable bonds is 3. The van der Waals surface area contributed by atoms with Crippen molar-refractivity contribution in [1.29, 1.82) is 0 Å². The van der Waals surface area contributed by atoms with Crippen LogP contribution in [0.3, 0.4) is 0 Å². The number of benzene rings is 1. The monoisotopic (exact) mass is 275 g/mol. The van der Waals surface area contributed by atoms with E-state index in [1.165, 1.54) is 21.6 Å². The van der Waals surface area contributed by atoms with Gasteiger partial charge in [0.05, 0.1) is 14.2 Å². The van der Waals surface area contributed by atoms with Crippen molar-refractivity contribution in [2.45, 2.75) is 13.0 Å². The van der Waals surface area contributed by atoms with E-state index in [-0.39, 0.29) is 0 Å². The third-order valence-electron chi connectivity index (χ3n) is 3.50. The van der Waals surface area contributed by atoms with Gasteiger partial charge in [0, 0.05) is 17.0 Å². The molecular weight excluding hydrogens is 258 g/mol. The fraction of sp³-hybridized carbons (Fsp3) is 0.333. The topological polar surface area (TPSA) is 30.5 Å². The van der Waals surface area contributed by atoms with Crippen molar-refractivity contribution >= 4 is 11.3 Å². The van der Waals surface area contributed by atoms with E-state index >= 15 is 0 Å². The molecule has 0 aliphatic carbocycles. The first-order valence-corrected chi connectivity index (χ1v) is 7.24. The molecule has 0 atom stereocenters. The van der Waals surface area contributed by atoms with Crippen molar-refractivity contribution in [3.05, 3.63) is 34.7 Å². The van der Waals surface area contributed by atoms with E-state index in [9.17, 15) is 0 Å². The lowest BCUT2D eigenvalue weighted by Gasteiger charge is -2.23. The molecule has 0 saturated heterocycles. The molecule has 1 N–H and O–H groups in total. The summed E-state index contributed by atoms with van der Waals surface area (Å²) in [6.07, 6.45) is 1.03. The fourth-order valence-electron chi connectivity index (χ4n) is 2.65. The van der Waals surface area contributed by atoms with Gasteiger partial charge in [-0.3, -0.25) is 0 Å². The van der Waals surface area contributed by atoms with Gasteiger partial charge in [-0.1, -0.05) is 6.07 Å². The molecule has 1 aromatic carbocycles. The highest BCUT2D eigenvalue weighted by molar-refractivity contribution is 7.13. The van der Waals surface area contributed by atoms with Crippen LogP contribution in [0.5, 0.6) is 11.5 Å². The summed E-state index contributed by atoms with van der Waals surface area (Å²) in [6, 6.07) is 6.31. The Hall–Kier alpha value is -1.52. The Morgan fingerprint density at radius 1 is 1.26 bits per heavy atom. The highest BCUT2D eigenvalue weighted by Gasteiger charge is 2.22. The minimum Gasteiger partial charge on any atom is -0.493 e. The Kier molecular flexibility index (Phi) is 3.44. The maximum absolute atomic E-state index is 5.62. The lowest BCUT2D eigenvalue weighted by Crippen LogP contribution is -2.24. The third kappa shape index (κ3) is 2.11. The van der Waals surface area contributed by atoms with E-state index in [0.717, 1.165) is 31.0 Å². The molecule has 1 aliphatic heterocycles. The lowest BCUT2D eigenvalue weighted by molar-refractivity contribution is 0.355. The number of methoxy groups -OCH3 is 2. The van der Waals surface area contributed by atoms with Crippen LogP contribution in [0.1, 0.15) is 11.1 Å². The van der Waals surface area contributed by atoms with Crippen molar-refractivity contribution in [2.75, 3.05) is 20.8 Å². The van der Waals surface area contributed by atoms with Crippen molar-refractivity contribution in [2.24, 2.45) is 0 Å². The van der Waals surface area contributed by atoms with Gasteiger partial charge >= 0.3 is 0 Å². The molecule has 0 radical (unpaired) electrons. The van der Waals surface area contributed by atoms with Gasteiger partial charge in [-0.05, 0) is 41.6 Å². The molecular formula is C15H17NO2S. The highest BCUT2D eigenvalue weighted by atomic mass is 32.1. The maximum atomic E-state index is 5.62.